The third-order valence-corrected chi connectivity index (χ3v) is 8.28. The number of benzene rings is 1. The van der Waals surface area contributed by atoms with Crippen LogP contribution in [0.25, 0.3) is 0 Å². The average Bonchev–Trinajstić information content (AvgIpc) is 3.41. The number of amides is 1. The molecule has 1 aliphatic heterocycles. The number of anilines is 3. The zero-order valence-corrected chi connectivity index (χ0v) is 26.8. The van der Waals surface area contributed by atoms with Crippen LogP contribution in [-0.4, -0.2) is 50.7 Å². The number of likely N-dealkylation sites (tertiary alicyclic amines) is 1. The van der Waals surface area contributed by atoms with Gasteiger partial charge in [0.25, 0.3) is 5.91 Å². The van der Waals surface area contributed by atoms with E-state index in [1.165, 1.54) is 17.2 Å². The van der Waals surface area contributed by atoms with Crippen LogP contribution in [0.4, 0.5) is 35.0 Å². The molecule has 3 N–H and O–H groups in total. The SMILES string of the molecule is CCC(C)=C(/C=C(/C)NC)Nc1nc(Nc2cc(C)c(C3CCN(C(=O)c4cnn(C)c4C(F)(F)F)CC3)cc2F)ncc1Cl. The van der Waals surface area contributed by atoms with E-state index in [9.17, 15) is 18.0 Å². The number of allylic oxidation sites excluding steroid dienone is 3. The van der Waals surface area contributed by atoms with Crippen molar-refractivity contribution in [2.24, 2.45) is 7.05 Å². The van der Waals surface area contributed by atoms with Crippen LogP contribution in [0.15, 0.2) is 47.6 Å². The van der Waals surface area contributed by atoms with Crippen LogP contribution in [0, 0.1) is 12.7 Å². The Kier molecular flexibility index (Phi) is 10.4. The summed E-state index contributed by atoms with van der Waals surface area (Å²) < 4.78 is 56.6. The number of alkyl halides is 3. The van der Waals surface area contributed by atoms with Crippen molar-refractivity contribution in [3.05, 3.63) is 80.8 Å². The van der Waals surface area contributed by atoms with E-state index in [1.807, 2.05) is 40.8 Å². The molecule has 0 unspecified atom stereocenters. The third-order valence-electron chi connectivity index (χ3n) is 8.00. The number of aromatic nitrogens is 4. The van der Waals surface area contributed by atoms with Crippen LogP contribution in [-0.2, 0) is 13.2 Å². The topological polar surface area (TPSA) is 100 Å². The number of nitrogens with zero attached hydrogens (tertiary/aromatic N) is 5. The molecule has 9 nitrogen and oxygen atoms in total. The molecule has 1 aromatic carbocycles. The van der Waals surface area contributed by atoms with Gasteiger partial charge in [-0.25, -0.2) is 9.37 Å². The second-order valence-corrected chi connectivity index (χ2v) is 11.5. The number of carbonyl (C=O) groups is 1. The molecule has 1 amide bonds. The molecule has 0 saturated carbocycles. The van der Waals surface area contributed by atoms with E-state index < -0.39 is 29.2 Å². The predicted octanol–water partition coefficient (Wildman–Crippen LogP) is 7.31. The number of nitrogens with one attached hydrogen (secondary N) is 3. The largest absolute Gasteiger partial charge is 0.433 e. The Hall–Kier alpha value is -4.13. The van der Waals surface area contributed by atoms with E-state index in [1.54, 1.807) is 6.07 Å². The second-order valence-electron chi connectivity index (χ2n) is 11.0. The zero-order chi connectivity index (χ0) is 33.1. The Morgan fingerprint density at radius 1 is 1.18 bits per heavy atom. The van der Waals surface area contributed by atoms with Crippen molar-refractivity contribution in [3.8, 4) is 0 Å². The van der Waals surface area contributed by atoms with Gasteiger partial charge in [-0.15, -0.1) is 0 Å². The summed E-state index contributed by atoms with van der Waals surface area (Å²) in [5.41, 5.74) is 3.09. The van der Waals surface area contributed by atoms with Crippen molar-refractivity contribution in [1.29, 1.82) is 0 Å². The first-order valence-corrected chi connectivity index (χ1v) is 14.9. The quantitative estimate of drug-likeness (QED) is 0.165. The standard InChI is InChI=1S/C31H37ClF4N8O/c1-7-17(2)25(13-19(4)37-5)40-28-23(32)16-38-30(42-28)41-26-12-18(3)21(14-24(26)33)20-8-10-44(11-9-20)29(45)22-15-39-43(6)27(22)31(34,35)36/h12-16,20,37H,7-11H2,1-6H3,(H2,38,40,41,42)/b19-13-,25-17?. The molecule has 14 heteroatoms. The van der Waals surface area contributed by atoms with Gasteiger partial charge in [0.05, 0.1) is 23.6 Å². The van der Waals surface area contributed by atoms with E-state index in [2.05, 4.69) is 31.0 Å². The van der Waals surface area contributed by atoms with Gasteiger partial charge in [0, 0.05) is 38.6 Å². The van der Waals surface area contributed by atoms with Gasteiger partial charge in [0.15, 0.2) is 11.5 Å². The van der Waals surface area contributed by atoms with Crippen LogP contribution in [0.5, 0.6) is 0 Å². The minimum absolute atomic E-state index is 0.0719. The summed E-state index contributed by atoms with van der Waals surface area (Å²) in [6.07, 6.45) is 1.39. The highest BCUT2D eigenvalue weighted by Gasteiger charge is 2.40. The maximum Gasteiger partial charge on any atom is 0.433 e. The van der Waals surface area contributed by atoms with Gasteiger partial charge in [-0.05, 0) is 80.9 Å². The molecule has 3 aromatic rings. The first-order valence-electron chi connectivity index (χ1n) is 14.5. The molecule has 4 rings (SSSR count). The molecule has 242 valence electrons. The smallest absolute Gasteiger partial charge is 0.392 e. The van der Waals surface area contributed by atoms with Gasteiger partial charge in [0.2, 0.25) is 5.95 Å². The van der Waals surface area contributed by atoms with Crippen molar-refractivity contribution < 1.29 is 22.4 Å². The van der Waals surface area contributed by atoms with Crippen LogP contribution in [0.3, 0.4) is 0 Å². The lowest BCUT2D eigenvalue weighted by Gasteiger charge is -2.33. The number of piperidine rings is 1. The van der Waals surface area contributed by atoms with E-state index >= 15 is 4.39 Å². The summed E-state index contributed by atoms with van der Waals surface area (Å²) in [6.45, 7) is 8.32. The van der Waals surface area contributed by atoms with Gasteiger partial charge in [-0.2, -0.15) is 23.3 Å². The first kappa shape index (κ1) is 33.8. The molecule has 0 radical (unpaired) electrons. The van der Waals surface area contributed by atoms with Gasteiger partial charge in [-0.3, -0.25) is 9.48 Å². The number of halogens is 5. The lowest BCUT2D eigenvalue weighted by Crippen LogP contribution is -2.38. The highest BCUT2D eigenvalue weighted by atomic mass is 35.5. The Balaban J connectivity index is 1.48. The molecule has 0 bridgehead atoms. The molecular weight excluding hydrogens is 612 g/mol. The summed E-state index contributed by atoms with van der Waals surface area (Å²) in [7, 11) is 2.99. The van der Waals surface area contributed by atoms with Gasteiger partial charge in [0.1, 0.15) is 10.8 Å². The minimum Gasteiger partial charge on any atom is -0.392 e. The third kappa shape index (κ3) is 7.75. The van der Waals surface area contributed by atoms with Gasteiger partial charge in [-0.1, -0.05) is 18.5 Å². The number of rotatable bonds is 9. The molecule has 1 saturated heterocycles. The number of aryl methyl sites for hydroxylation is 2. The highest BCUT2D eigenvalue weighted by molar-refractivity contribution is 6.32. The van der Waals surface area contributed by atoms with Gasteiger partial charge < -0.3 is 20.9 Å². The highest BCUT2D eigenvalue weighted by Crippen LogP contribution is 2.36. The molecule has 1 aliphatic rings. The Morgan fingerprint density at radius 3 is 2.49 bits per heavy atom. The van der Waals surface area contributed by atoms with Crippen molar-refractivity contribution in [3.63, 3.8) is 0 Å². The second kappa shape index (κ2) is 13.9. The molecule has 45 heavy (non-hydrogen) atoms. The van der Waals surface area contributed by atoms with E-state index in [0.29, 0.717) is 28.4 Å². The summed E-state index contributed by atoms with van der Waals surface area (Å²) in [4.78, 5) is 23.0. The summed E-state index contributed by atoms with van der Waals surface area (Å²) in [5.74, 6) is -0.787. The molecule has 0 aliphatic carbocycles. The molecule has 3 heterocycles. The van der Waals surface area contributed by atoms with Crippen molar-refractivity contribution in [1.82, 2.24) is 30.0 Å². The van der Waals surface area contributed by atoms with Crippen LogP contribution in [0.2, 0.25) is 5.02 Å². The van der Waals surface area contributed by atoms with Crippen molar-refractivity contribution >= 4 is 35.0 Å². The monoisotopic (exact) mass is 648 g/mol. The van der Waals surface area contributed by atoms with E-state index in [0.717, 1.165) is 47.8 Å². The molecule has 2 aromatic heterocycles. The fourth-order valence-corrected chi connectivity index (χ4v) is 5.37. The maximum absolute atomic E-state index is 15.4. The number of hydrogen-bond donors (Lipinski definition) is 3. The van der Waals surface area contributed by atoms with E-state index in [-0.39, 0.29) is 30.6 Å². The number of hydrogen-bond acceptors (Lipinski definition) is 7. The first-order chi connectivity index (χ1) is 21.2. The predicted molar refractivity (Wildman–Crippen MR) is 167 cm³/mol. The van der Waals surface area contributed by atoms with Gasteiger partial charge >= 0.3 is 6.18 Å². The van der Waals surface area contributed by atoms with Crippen molar-refractivity contribution in [2.45, 2.75) is 59.1 Å². The fraction of sp³-hybridized carbons (Fsp3) is 0.419. The molecule has 1 fully saturated rings. The summed E-state index contributed by atoms with van der Waals surface area (Å²) in [6, 6.07) is 3.12. The molecule has 0 spiro atoms. The summed E-state index contributed by atoms with van der Waals surface area (Å²) >= 11 is 6.39. The molecular formula is C31H37ClF4N8O. The fourth-order valence-electron chi connectivity index (χ4n) is 5.23. The average molecular weight is 649 g/mol. The minimum atomic E-state index is -4.70. The normalized spacial score (nSPS) is 15.2. The lowest BCUT2D eigenvalue weighted by atomic mass is 9.86. The Labute approximate surface area is 264 Å². The van der Waals surface area contributed by atoms with Crippen LogP contribution < -0.4 is 16.0 Å². The Morgan fingerprint density at radius 2 is 1.87 bits per heavy atom. The maximum atomic E-state index is 15.4. The number of carbonyl (C=O) groups excluding carboxylic acids is 1. The lowest BCUT2D eigenvalue weighted by molar-refractivity contribution is -0.144. The Bertz CT molecular complexity index is 1620. The molecule has 0 atom stereocenters. The van der Waals surface area contributed by atoms with E-state index in [4.69, 9.17) is 11.6 Å². The van der Waals surface area contributed by atoms with Crippen molar-refractivity contribution in [2.75, 3.05) is 30.8 Å². The summed E-state index contributed by atoms with van der Waals surface area (Å²) in [5, 5.41) is 13.2. The van der Waals surface area contributed by atoms with Crippen LogP contribution >= 0.6 is 11.6 Å². The zero-order valence-electron chi connectivity index (χ0n) is 26.0. The van der Waals surface area contributed by atoms with Crippen LogP contribution in [0.1, 0.15) is 73.1 Å².